The molecule has 96 valence electrons. The Balaban J connectivity index is 1.42. The predicted molar refractivity (Wildman–Crippen MR) is 74.2 cm³/mol. The quantitative estimate of drug-likeness (QED) is 0.809. The van der Waals surface area contributed by atoms with E-state index in [9.17, 15) is 0 Å². The first-order chi connectivity index (χ1) is 8.17. The van der Waals surface area contributed by atoms with Crippen LogP contribution in [0, 0.1) is 29.1 Å². The van der Waals surface area contributed by atoms with Crippen LogP contribution in [0.4, 0.5) is 0 Å². The van der Waals surface area contributed by atoms with Gasteiger partial charge in [-0.3, -0.25) is 0 Å². The van der Waals surface area contributed by atoms with E-state index in [4.69, 9.17) is 0 Å². The van der Waals surface area contributed by atoms with Crippen LogP contribution in [0.2, 0.25) is 0 Å². The number of thioether (sulfide) groups is 1. The fourth-order valence-electron chi connectivity index (χ4n) is 4.99. The van der Waals surface area contributed by atoms with E-state index in [1.54, 1.807) is 19.3 Å². The molecule has 0 amide bonds. The van der Waals surface area contributed by atoms with Gasteiger partial charge in [0.15, 0.2) is 0 Å². The van der Waals surface area contributed by atoms with Crippen LogP contribution in [0.15, 0.2) is 0 Å². The standard InChI is InChI=1S/C15H25NS/c1-15(2)5-6-17-8-11(15)16-14-12-9-3-4-10(7-9)13(12)14/h9-14,16H,3-8H2,1-2H3. The lowest BCUT2D eigenvalue weighted by Gasteiger charge is -2.39. The van der Waals surface area contributed by atoms with E-state index >= 15 is 0 Å². The highest BCUT2D eigenvalue weighted by Gasteiger charge is 2.65. The molecule has 4 fully saturated rings. The van der Waals surface area contributed by atoms with Gasteiger partial charge in [-0.05, 0) is 60.5 Å². The summed E-state index contributed by atoms with van der Waals surface area (Å²) >= 11 is 2.16. The first kappa shape index (κ1) is 11.2. The van der Waals surface area contributed by atoms with E-state index in [1.807, 2.05) is 0 Å². The van der Waals surface area contributed by atoms with Crippen LogP contribution in [-0.2, 0) is 0 Å². The minimum absolute atomic E-state index is 0.529. The molecule has 2 heteroatoms. The Morgan fingerprint density at radius 2 is 1.82 bits per heavy atom. The van der Waals surface area contributed by atoms with E-state index in [1.165, 1.54) is 17.9 Å². The van der Waals surface area contributed by atoms with Gasteiger partial charge in [-0.15, -0.1) is 0 Å². The smallest absolute Gasteiger partial charge is 0.0212 e. The van der Waals surface area contributed by atoms with Gasteiger partial charge in [0.2, 0.25) is 0 Å². The zero-order chi connectivity index (χ0) is 11.6. The molecule has 1 nitrogen and oxygen atoms in total. The third-order valence-electron chi connectivity index (χ3n) is 6.25. The molecule has 3 aliphatic carbocycles. The summed E-state index contributed by atoms with van der Waals surface area (Å²) in [5.41, 5.74) is 0.529. The van der Waals surface area contributed by atoms with Crippen molar-refractivity contribution in [3.8, 4) is 0 Å². The minimum Gasteiger partial charge on any atom is -0.309 e. The molecule has 1 saturated heterocycles. The Hall–Kier alpha value is 0.310. The highest BCUT2D eigenvalue weighted by molar-refractivity contribution is 7.99. The van der Waals surface area contributed by atoms with E-state index in [0.29, 0.717) is 5.41 Å². The van der Waals surface area contributed by atoms with Gasteiger partial charge in [0.05, 0.1) is 0 Å². The van der Waals surface area contributed by atoms with Gasteiger partial charge < -0.3 is 5.32 Å². The first-order valence-corrected chi connectivity index (χ1v) is 8.66. The van der Waals surface area contributed by atoms with Crippen LogP contribution in [0.5, 0.6) is 0 Å². The molecule has 2 bridgehead atoms. The van der Waals surface area contributed by atoms with Crippen LogP contribution in [0.1, 0.15) is 39.5 Å². The molecule has 0 aromatic heterocycles. The maximum Gasteiger partial charge on any atom is 0.0212 e. The molecule has 3 saturated carbocycles. The van der Waals surface area contributed by atoms with Gasteiger partial charge in [0.1, 0.15) is 0 Å². The van der Waals surface area contributed by atoms with E-state index in [2.05, 4.69) is 30.9 Å². The average molecular weight is 251 g/mol. The van der Waals surface area contributed by atoms with Gasteiger partial charge in [-0.2, -0.15) is 11.8 Å². The van der Waals surface area contributed by atoms with Gasteiger partial charge in [0, 0.05) is 17.8 Å². The largest absolute Gasteiger partial charge is 0.309 e. The predicted octanol–water partition coefficient (Wildman–Crippen LogP) is 3.15. The van der Waals surface area contributed by atoms with Gasteiger partial charge >= 0.3 is 0 Å². The minimum atomic E-state index is 0.529. The van der Waals surface area contributed by atoms with Crippen LogP contribution in [0.25, 0.3) is 0 Å². The van der Waals surface area contributed by atoms with E-state index in [0.717, 1.165) is 35.8 Å². The van der Waals surface area contributed by atoms with Gasteiger partial charge in [-0.1, -0.05) is 13.8 Å². The van der Waals surface area contributed by atoms with Crippen LogP contribution >= 0.6 is 11.8 Å². The fraction of sp³-hybridized carbons (Fsp3) is 1.00. The summed E-state index contributed by atoms with van der Waals surface area (Å²) in [5, 5.41) is 4.07. The maximum atomic E-state index is 4.07. The van der Waals surface area contributed by atoms with Crippen molar-refractivity contribution in [1.29, 1.82) is 0 Å². The highest BCUT2D eigenvalue weighted by Crippen LogP contribution is 2.65. The Bertz CT molecular complexity index is 311. The molecule has 4 aliphatic rings. The second-order valence-electron chi connectivity index (χ2n) is 7.55. The summed E-state index contributed by atoms with van der Waals surface area (Å²) in [6.45, 7) is 4.94. The third-order valence-corrected chi connectivity index (χ3v) is 7.31. The van der Waals surface area contributed by atoms with Crippen LogP contribution in [-0.4, -0.2) is 23.6 Å². The molecule has 17 heavy (non-hydrogen) atoms. The lowest BCUT2D eigenvalue weighted by atomic mass is 9.82. The lowest BCUT2D eigenvalue weighted by Crippen LogP contribution is -2.48. The van der Waals surface area contributed by atoms with E-state index < -0.39 is 0 Å². The summed E-state index contributed by atoms with van der Waals surface area (Å²) in [4.78, 5) is 0. The fourth-order valence-corrected chi connectivity index (χ4v) is 6.61. The molecule has 0 aromatic rings. The van der Waals surface area contributed by atoms with Crippen LogP contribution < -0.4 is 5.32 Å². The van der Waals surface area contributed by atoms with Crippen molar-refractivity contribution in [2.24, 2.45) is 29.1 Å². The van der Waals surface area contributed by atoms with Gasteiger partial charge in [0.25, 0.3) is 0 Å². The third kappa shape index (κ3) is 1.63. The zero-order valence-corrected chi connectivity index (χ0v) is 11.9. The SMILES string of the molecule is CC1(C)CCSCC1NC1C2C3CCC(C3)C12. The summed E-state index contributed by atoms with van der Waals surface area (Å²) < 4.78 is 0. The Kier molecular flexibility index (Phi) is 2.40. The normalized spacial score (nSPS) is 54.7. The Labute approximate surface area is 109 Å². The molecule has 1 heterocycles. The molecule has 5 unspecified atom stereocenters. The number of fused-ring (bicyclic) bond motifs is 5. The van der Waals surface area contributed by atoms with Crippen molar-refractivity contribution in [3.63, 3.8) is 0 Å². The summed E-state index contributed by atoms with van der Waals surface area (Å²) in [6, 6.07) is 1.69. The molecule has 0 radical (unpaired) electrons. The monoisotopic (exact) mass is 251 g/mol. The van der Waals surface area contributed by atoms with Crippen molar-refractivity contribution >= 4 is 11.8 Å². The Morgan fingerprint density at radius 1 is 1.12 bits per heavy atom. The second kappa shape index (κ2) is 3.66. The Morgan fingerprint density at radius 3 is 2.47 bits per heavy atom. The van der Waals surface area contributed by atoms with E-state index in [-0.39, 0.29) is 0 Å². The van der Waals surface area contributed by atoms with Gasteiger partial charge in [-0.25, -0.2) is 0 Å². The molecule has 0 spiro atoms. The number of hydrogen-bond donors (Lipinski definition) is 1. The zero-order valence-electron chi connectivity index (χ0n) is 11.1. The molecule has 4 rings (SSSR count). The second-order valence-corrected chi connectivity index (χ2v) is 8.70. The number of rotatable bonds is 2. The molecular formula is C15H25NS. The summed E-state index contributed by atoms with van der Waals surface area (Å²) in [6.07, 6.45) is 6.07. The molecule has 1 aliphatic heterocycles. The van der Waals surface area contributed by atoms with Crippen molar-refractivity contribution < 1.29 is 0 Å². The molecule has 0 aromatic carbocycles. The maximum absolute atomic E-state index is 4.07. The first-order valence-electron chi connectivity index (χ1n) is 7.50. The van der Waals surface area contributed by atoms with Crippen molar-refractivity contribution in [3.05, 3.63) is 0 Å². The summed E-state index contributed by atoms with van der Waals surface area (Å²) in [7, 11) is 0. The number of hydrogen-bond acceptors (Lipinski definition) is 2. The molecular weight excluding hydrogens is 226 g/mol. The van der Waals surface area contributed by atoms with Crippen molar-refractivity contribution in [2.45, 2.75) is 51.6 Å². The van der Waals surface area contributed by atoms with Crippen molar-refractivity contribution in [1.82, 2.24) is 5.32 Å². The summed E-state index contributed by atoms with van der Waals surface area (Å²) in [5.74, 6) is 7.13. The highest BCUT2D eigenvalue weighted by atomic mass is 32.2. The van der Waals surface area contributed by atoms with Crippen LogP contribution in [0.3, 0.4) is 0 Å². The average Bonchev–Trinajstić information content (AvgIpc) is 2.70. The lowest BCUT2D eigenvalue weighted by molar-refractivity contribution is 0.234. The van der Waals surface area contributed by atoms with Crippen molar-refractivity contribution in [2.75, 3.05) is 11.5 Å². The topological polar surface area (TPSA) is 12.0 Å². The molecule has 1 N–H and O–H groups in total. The number of nitrogens with one attached hydrogen (secondary N) is 1. The molecule has 5 atom stereocenters.